The van der Waals surface area contributed by atoms with Crippen molar-refractivity contribution in [3.63, 3.8) is 0 Å². The van der Waals surface area contributed by atoms with Crippen LogP contribution in [0.1, 0.15) is 12.8 Å². The van der Waals surface area contributed by atoms with Crippen LogP contribution in [0.4, 0.5) is 10.5 Å². The largest absolute Gasteiger partial charge is 0.439 e. The van der Waals surface area contributed by atoms with Crippen molar-refractivity contribution in [3.05, 3.63) is 16.8 Å². The molecule has 4 nitrogen and oxygen atoms in total. The Morgan fingerprint density at radius 2 is 2.17 bits per heavy atom. The van der Waals surface area contributed by atoms with E-state index in [4.69, 9.17) is 4.74 Å². The zero-order valence-corrected chi connectivity index (χ0v) is 11.0. The van der Waals surface area contributed by atoms with E-state index in [2.05, 4.69) is 4.90 Å². The fraction of sp³-hybridized carbons (Fsp3) is 0.615. The third-order valence-corrected chi connectivity index (χ3v) is 5.25. The fourth-order valence-electron chi connectivity index (χ4n) is 3.62. The summed E-state index contributed by atoms with van der Waals surface area (Å²) in [6.07, 6.45) is 2.18. The van der Waals surface area contributed by atoms with E-state index in [1.807, 2.05) is 16.8 Å². The Morgan fingerprint density at radius 3 is 2.78 bits per heavy atom. The lowest BCUT2D eigenvalue weighted by molar-refractivity contribution is -0.0881. The van der Waals surface area contributed by atoms with E-state index in [-0.39, 0.29) is 11.7 Å². The first-order valence-electron chi connectivity index (χ1n) is 6.52. The molecule has 0 aromatic carbocycles. The molecule has 2 bridgehead atoms. The second-order valence-corrected chi connectivity index (χ2v) is 6.33. The van der Waals surface area contributed by atoms with Gasteiger partial charge in [0.2, 0.25) is 0 Å². The minimum absolute atomic E-state index is 0.165. The summed E-state index contributed by atoms with van der Waals surface area (Å²) in [4.78, 5) is 16.4. The topological polar surface area (TPSA) is 32.8 Å². The monoisotopic (exact) mass is 264 g/mol. The molecule has 0 aliphatic carbocycles. The number of fused-ring (bicyclic) bond motifs is 2. The van der Waals surface area contributed by atoms with Gasteiger partial charge in [-0.3, -0.25) is 9.80 Å². The van der Waals surface area contributed by atoms with Gasteiger partial charge in [-0.25, -0.2) is 4.79 Å². The molecule has 0 radical (unpaired) electrons. The molecule has 18 heavy (non-hydrogen) atoms. The lowest BCUT2D eigenvalue weighted by Gasteiger charge is -2.49. The number of thiophene rings is 1. The molecule has 0 unspecified atom stereocenters. The van der Waals surface area contributed by atoms with Gasteiger partial charge in [-0.2, -0.15) is 11.3 Å². The summed E-state index contributed by atoms with van der Waals surface area (Å²) < 4.78 is 5.81. The standard InChI is InChI=1S/C13H16N2O2S/c16-12-15(11-3-6-18-7-11)9-13(17-12)8-14-4-1-10(13)2-5-14/h3,6-7,10H,1-2,4-5,8-9H2/t13-/m1/s1. The number of carbonyl (C=O) groups excluding carboxylic acids is 1. The molecule has 1 aromatic heterocycles. The van der Waals surface area contributed by atoms with Gasteiger partial charge in [0, 0.05) is 17.8 Å². The van der Waals surface area contributed by atoms with E-state index >= 15 is 0 Å². The van der Waals surface area contributed by atoms with Gasteiger partial charge in [-0.05, 0) is 37.4 Å². The van der Waals surface area contributed by atoms with E-state index in [9.17, 15) is 4.79 Å². The molecule has 4 aliphatic heterocycles. The summed E-state index contributed by atoms with van der Waals surface area (Å²) >= 11 is 1.62. The van der Waals surface area contributed by atoms with Crippen molar-refractivity contribution in [1.82, 2.24) is 4.90 Å². The van der Waals surface area contributed by atoms with Crippen molar-refractivity contribution >= 4 is 23.1 Å². The second-order valence-electron chi connectivity index (χ2n) is 5.55. The van der Waals surface area contributed by atoms with Gasteiger partial charge < -0.3 is 4.74 Å². The Labute approximate surface area is 110 Å². The highest BCUT2D eigenvalue weighted by atomic mass is 32.1. The number of carbonyl (C=O) groups is 1. The minimum atomic E-state index is -0.241. The van der Waals surface area contributed by atoms with Crippen LogP contribution < -0.4 is 4.90 Å². The Bertz CT molecular complexity index is 467. The van der Waals surface area contributed by atoms with Gasteiger partial charge in [0.15, 0.2) is 0 Å². The third-order valence-electron chi connectivity index (χ3n) is 4.58. The molecule has 96 valence electrons. The lowest BCUT2D eigenvalue weighted by Crippen LogP contribution is -2.61. The second kappa shape index (κ2) is 3.71. The van der Waals surface area contributed by atoms with Crippen LogP contribution in [0.15, 0.2) is 16.8 Å². The van der Waals surface area contributed by atoms with E-state index in [1.54, 1.807) is 16.2 Å². The maximum Gasteiger partial charge on any atom is 0.415 e. The molecule has 1 amide bonds. The Kier molecular flexibility index (Phi) is 2.23. The smallest absolute Gasteiger partial charge is 0.415 e. The first kappa shape index (κ1) is 10.8. The molecule has 4 aliphatic rings. The summed E-state index contributed by atoms with van der Waals surface area (Å²) in [5.41, 5.74) is 0.744. The van der Waals surface area contributed by atoms with E-state index < -0.39 is 0 Å². The van der Waals surface area contributed by atoms with Gasteiger partial charge in [0.25, 0.3) is 0 Å². The summed E-state index contributed by atoms with van der Waals surface area (Å²) in [6, 6.07) is 1.99. The van der Waals surface area contributed by atoms with Gasteiger partial charge in [-0.1, -0.05) is 0 Å². The predicted octanol–water partition coefficient (Wildman–Crippen LogP) is 2.17. The third kappa shape index (κ3) is 1.44. The van der Waals surface area contributed by atoms with Crippen molar-refractivity contribution in [3.8, 4) is 0 Å². The van der Waals surface area contributed by atoms with Crippen molar-refractivity contribution in [2.75, 3.05) is 31.1 Å². The molecule has 5 heteroatoms. The number of hydrogen-bond donors (Lipinski definition) is 0. The van der Waals surface area contributed by atoms with Crippen molar-refractivity contribution < 1.29 is 9.53 Å². The molecule has 1 aromatic rings. The van der Waals surface area contributed by atoms with Crippen LogP contribution in [0, 0.1) is 5.92 Å². The summed E-state index contributed by atoms with van der Waals surface area (Å²) in [7, 11) is 0. The summed E-state index contributed by atoms with van der Waals surface area (Å²) in [5, 5.41) is 4.02. The Morgan fingerprint density at radius 1 is 1.33 bits per heavy atom. The predicted molar refractivity (Wildman–Crippen MR) is 70.0 cm³/mol. The number of ether oxygens (including phenoxy) is 1. The highest BCUT2D eigenvalue weighted by molar-refractivity contribution is 7.08. The molecule has 4 fully saturated rings. The highest BCUT2D eigenvalue weighted by Gasteiger charge is 2.55. The molecule has 0 N–H and O–H groups in total. The number of anilines is 1. The highest BCUT2D eigenvalue weighted by Crippen LogP contribution is 2.43. The Balaban J connectivity index is 1.64. The van der Waals surface area contributed by atoms with Crippen LogP contribution in [0.5, 0.6) is 0 Å². The number of piperidine rings is 3. The van der Waals surface area contributed by atoms with Crippen LogP contribution in [-0.2, 0) is 4.74 Å². The molecule has 1 spiro atoms. The zero-order chi connectivity index (χ0) is 12.2. The SMILES string of the molecule is O=C1O[C@]2(CN3CCC2CC3)CN1c1ccsc1. The molecule has 5 rings (SSSR count). The molecule has 5 heterocycles. The maximum absolute atomic E-state index is 12.1. The average molecular weight is 264 g/mol. The van der Waals surface area contributed by atoms with E-state index in [0.717, 1.165) is 18.8 Å². The normalized spacial score (nSPS) is 38.4. The number of nitrogens with zero attached hydrogens (tertiary/aromatic N) is 2. The van der Waals surface area contributed by atoms with Crippen LogP contribution in [0.25, 0.3) is 0 Å². The first-order chi connectivity index (χ1) is 8.77. The molecular formula is C13H16N2O2S. The van der Waals surface area contributed by atoms with Gasteiger partial charge in [0.05, 0.1) is 12.2 Å². The van der Waals surface area contributed by atoms with Crippen molar-refractivity contribution in [2.45, 2.75) is 18.4 Å². The number of rotatable bonds is 1. The van der Waals surface area contributed by atoms with Crippen LogP contribution in [-0.4, -0.2) is 42.8 Å². The van der Waals surface area contributed by atoms with Crippen molar-refractivity contribution in [2.24, 2.45) is 5.92 Å². The number of hydrogen-bond acceptors (Lipinski definition) is 4. The average Bonchev–Trinajstić information content (AvgIpc) is 2.99. The Hall–Kier alpha value is -1.07. The fourth-order valence-corrected chi connectivity index (χ4v) is 4.26. The number of amides is 1. The molecular weight excluding hydrogens is 248 g/mol. The van der Waals surface area contributed by atoms with Gasteiger partial charge in [0.1, 0.15) is 5.60 Å². The van der Waals surface area contributed by atoms with E-state index in [0.29, 0.717) is 5.92 Å². The molecule has 4 saturated heterocycles. The van der Waals surface area contributed by atoms with E-state index in [1.165, 1.54) is 25.9 Å². The van der Waals surface area contributed by atoms with Crippen LogP contribution >= 0.6 is 11.3 Å². The summed E-state index contributed by atoms with van der Waals surface area (Å²) in [6.45, 7) is 3.98. The van der Waals surface area contributed by atoms with Gasteiger partial charge >= 0.3 is 6.09 Å². The first-order valence-corrected chi connectivity index (χ1v) is 7.46. The molecule has 1 atom stereocenters. The minimum Gasteiger partial charge on any atom is -0.439 e. The van der Waals surface area contributed by atoms with Crippen LogP contribution in [0.2, 0.25) is 0 Å². The van der Waals surface area contributed by atoms with Gasteiger partial charge in [-0.15, -0.1) is 0 Å². The quantitative estimate of drug-likeness (QED) is 0.779. The maximum atomic E-state index is 12.1. The lowest BCUT2D eigenvalue weighted by atomic mass is 9.75. The zero-order valence-electron chi connectivity index (χ0n) is 10.2. The molecule has 0 saturated carbocycles. The summed E-state index contributed by atoms with van der Waals surface area (Å²) in [5.74, 6) is 0.551. The van der Waals surface area contributed by atoms with Crippen LogP contribution in [0.3, 0.4) is 0 Å². The van der Waals surface area contributed by atoms with Crippen molar-refractivity contribution in [1.29, 1.82) is 0 Å².